The van der Waals surface area contributed by atoms with Gasteiger partial charge in [-0.15, -0.1) is 0 Å². The first kappa shape index (κ1) is 17.5. The largest absolute Gasteiger partial charge is 0.433 e. The molecule has 0 N–H and O–H groups in total. The minimum absolute atomic E-state index is 0.00796. The number of fused-ring (bicyclic) bond motifs is 1. The zero-order valence-electron chi connectivity index (χ0n) is 12.2. The Hall–Kier alpha value is -2.29. The van der Waals surface area contributed by atoms with Crippen LogP contribution in [-0.4, -0.2) is 9.97 Å². The molecule has 25 heavy (non-hydrogen) atoms. The predicted molar refractivity (Wildman–Crippen MR) is 80.1 cm³/mol. The molecule has 9 heteroatoms. The van der Waals surface area contributed by atoms with Crippen LogP contribution >= 0.6 is 11.8 Å². The number of rotatable bonds is 2. The summed E-state index contributed by atoms with van der Waals surface area (Å²) in [5, 5.41) is -0.225. The number of pyridine rings is 2. The van der Waals surface area contributed by atoms with Crippen molar-refractivity contribution < 1.29 is 26.3 Å². The van der Waals surface area contributed by atoms with E-state index >= 15 is 0 Å². The third kappa shape index (κ3) is 3.87. The van der Waals surface area contributed by atoms with Crippen LogP contribution in [0.1, 0.15) is 11.3 Å². The molecule has 0 aliphatic heterocycles. The molecule has 2 nitrogen and oxygen atoms in total. The first-order chi connectivity index (χ1) is 11.6. The maximum Gasteiger partial charge on any atom is 0.433 e. The van der Waals surface area contributed by atoms with E-state index in [0.717, 1.165) is 22.7 Å². The van der Waals surface area contributed by atoms with Crippen molar-refractivity contribution in [2.24, 2.45) is 0 Å². The van der Waals surface area contributed by atoms with Crippen LogP contribution in [0.5, 0.6) is 0 Å². The van der Waals surface area contributed by atoms with E-state index in [0.29, 0.717) is 0 Å². The molecule has 0 atom stereocenters. The topological polar surface area (TPSA) is 25.8 Å². The van der Waals surface area contributed by atoms with E-state index < -0.39 is 34.6 Å². The average Bonchev–Trinajstić information content (AvgIpc) is 2.53. The third-order valence-electron chi connectivity index (χ3n) is 3.21. The van der Waals surface area contributed by atoms with Crippen LogP contribution < -0.4 is 0 Å². The molecule has 2 heterocycles. The van der Waals surface area contributed by atoms with Gasteiger partial charge < -0.3 is 0 Å². The smallest absolute Gasteiger partial charge is 0.224 e. The number of halogens is 6. The first-order valence-corrected chi connectivity index (χ1v) is 7.65. The summed E-state index contributed by atoms with van der Waals surface area (Å²) in [7, 11) is 0. The second-order valence-corrected chi connectivity index (χ2v) is 6.08. The van der Waals surface area contributed by atoms with Crippen molar-refractivity contribution in [1.29, 1.82) is 0 Å². The molecule has 0 saturated carbocycles. The molecular formula is C16H8F6N2S. The lowest BCUT2D eigenvalue weighted by Gasteiger charge is -2.14. The lowest BCUT2D eigenvalue weighted by atomic mass is 10.1. The van der Waals surface area contributed by atoms with E-state index in [1.54, 1.807) is 30.3 Å². The zero-order valence-corrected chi connectivity index (χ0v) is 13.0. The highest BCUT2D eigenvalue weighted by Gasteiger charge is 2.39. The maximum atomic E-state index is 13.1. The number of alkyl halides is 6. The lowest BCUT2D eigenvalue weighted by Crippen LogP contribution is -2.14. The van der Waals surface area contributed by atoms with Gasteiger partial charge >= 0.3 is 12.4 Å². The number of nitrogens with zero attached hydrogens (tertiary/aromatic N) is 2. The molecule has 0 unspecified atom stereocenters. The molecule has 0 bridgehead atoms. The maximum absolute atomic E-state index is 13.1. The van der Waals surface area contributed by atoms with Gasteiger partial charge in [0.2, 0.25) is 0 Å². The van der Waals surface area contributed by atoms with Gasteiger partial charge in [0.25, 0.3) is 0 Å². The number of aromatic nitrogens is 2. The summed E-state index contributed by atoms with van der Waals surface area (Å²) in [5.41, 5.74) is -3.63. The minimum Gasteiger partial charge on any atom is -0.224 e. The van der Waals surface area contributed by atoms with Crippen LogP contribution in [0.4, 0.5) is 26.3 Å². The van der Waals surface area contributed by atoms with E-state index in [1.807, 2.05) is 0 Å². The van der Waals surface area contributed by atoms with E-state index in [-0.39, 0.29) is 11.1 Å². The highest BCUT2D eigenvalue weighted by atomic mass is 32.2. The Kier molecular flexibility index (Phi) is 4.36. The molecule has 1 aromatic carbocycles. The molecule has 0 aliphatic rings. The molecule has 3 rings (SSSR count). The molecule has 0 aliphatic carbocycles. The van der Waals surface area contributed by atoms with Crippen LogP contribution in [0.15, 0.2) is 58.5 Å². The van der Waals surface area contributed by atoms with Crippen molar-refractivity contribution in [1.82, 2.24) is 9.97 Å². The van der Waals surface area contributed by atoms with Gasteiger partial charge in [-0.25, -0.2) is 9.97 Å². The quantitative estimate of drug-likeness (QED) is 0.529. The first-order valence-electron chi connectivity index (χ1n) is 6.84. The summed E-state index contributed by atoms with van der Waals surface area (Å²) >= 11 is 1.12. The van der Waals surface area contributed by atoms with Crippen molar-refractivity contribution in [3.63, 3.8) is 0 Å². The summed E-state index contributed by atoms with van der Waals surface area (Å²) in [6.07, 6.45) is -9.95. The van der Waals surface area contributed by atoms with Crippen molar-refractivity contribution in [3.05, 3.63) is 59.8 Å². The molecule has 2 aromatic heterocycles. The van der Waals surface area contributed by atoms with E-state index in [2.05, 4.69) is 9.97 Å². The van der Waals surface area contributed by atoms with Gasteiger partial charge in [-0.1, -0.05) is 30.0 Å². The van der Waals surface area contributed by atoms with E-state index in [9.17, 15) is 26.3 Å². The van der Waals surface area contributed by atoms with Gasteiger partial charge in [-0.3, -0.25) is 0 Å². The second-order valence-electron chi connectivity index (χ2n) is 4.99. The Labute approximate surface area is 141 Å². The fraction of sp³-hybridized carbons (Fsp3) is 0.125. The summed E-state index contributed by atoms with van der Waals surface area (Å²) in [5.74, 6) is 0. The number of hydrogen-bond acceptors (Lipinski definition) is 3. The Balaban J connectivity index is 2.14. The second kappa shape index (κ2) is 6.21. The molecule has 0 spiro atoms. The fourth-order valence-corrected chi connectivity index (χ4v) is 2.94. The normalized spacial score (nSPS) is 12.6. The lowest BCUT2D eigenvalue weighted by molar-refractivity contribution is -0.144. The van der Waals surface area contributed by atoms with Crippen LogP contribution in [0.3, 0.4) is 0 Å². The van der Waals surface area contributed by atoms with Crippen molar-refractivity contribution in [2.45, 2.75) is 22.3 Å². The van der Waals surface area contributed by atoms with Gasteiger partial charge in [0, 0.05) is 10.3 Å². The zero-order chi connectivity index (χ0) is 18.2. The summed E-state index contributed by atoms with van der Waals surface area (Å²) in [4.78, 5) is 7.89. The van der Waals surface area contributed by atoms with E-state index in [1.165, 1.54) is 6.07 Å². The van der Waals surface area contributed by atoms with Gasteiger partial charge in [0.15, 0.2) is 5.65 Å². The Morgan fingerprint density at radius 3 is 2.04 bits per heavy atom. The Bertz CT molecular complexity index is 906. The minimum atomic E-state index is -5.00. The monoisotopic (exact) mass is 374 g/mol. The van der Waals surface area contributed by atoms with Crippen LogP contribution in [0.25, 0.3) is 11.0 Å². The molecule has 0 fully saturated rings. The summed E-state index contributed by atoms with van der Waals surface area (Å²) in [6.45, 7) is 0. The van der Waals surface area contributed by atoms with Crippen molar-refractivity contribution in [3.8, 4) is 0 Å². The molecule has 0 saturated heterocycles. The fourth-order valence-electron chi connectivity index (χ4n) is 2.13. The van der Waals surface area contributed by atoms with E-state index in [4.69, 9.17) is 0 Å². The average molecular weight is 374 g/mol. The molecular weight excluding hydrogens is 366 g/mol. The SMILES string of the molecule is FC(F)(F)c1cc(C(F)(F)F)c2ccc(Sc3ccccc3)nc2n1. The van der Waals surface area contributed by atoms with Crippen molar-refractivity contribution >= 4 is 22.8 Å². The van der Waals surface area contributed by atoms with Crippen LogP contribution in [-0.2, 0) is 12.4 Å². The summed E-state index contributed by atoms with van der Waals surface area (Å²) < 4.78 is 77.9. The standard InChI is InChI=1S/C16H8F6N2S/c17-15(18,19)11-8-12(16(20,21)22)23-14-10(11)6-7-13(24-14)25-9-4-2-1-3-5-9/h1-8H. The van der Waals surface area contributed by atoms with Gasteiger partial charge in [0.05, 0.1) is 5.56 Å². The third-order valence-corrected chi connectivity index (χ3v) is 4.15. The molecule has 0 radical (unpaired) electrons. The van der Waals surface area contributed by atoms with Gasteiger partial charge in [0.1, 0.15) is 10.7 Å². The van der Waals surface area contributed by atoms with Crippen LogP contribution in [0.2, 0.25) is 0 Å². The highest BCUT2D eigenvalue weighted by Crippen LogP contribution is 2.39. The Morgan fingerprint density at radius 2 is 1.44 bits per heavy atom. The summed E-state index contributed by atoms with van der Waals surface area (Å²) in [6, 6.07) is 11.2. The molecule has 0 amide bonds. The Morgan fingerprint density at radius 1 is 0.760 bits per heavy atom. The number of hydrogen-bond donors (Lipinski definition) is 0. The molecule has 3 aromatic rings. The van der Waals surface area contributed by atoms with Gasteiger partial charge in [-0.05, 0) is 30.3 Å². The number of benzene rings is 1. The van der Waals surface area contributed by atoms with Gasteiger partial charge in [-0.2, -0.15) is 26.3 Å². The predicted octanol–water partition coefficient (Wildman–Crippen LogP) is 5.82. The van der Waals surface area contributed by atoms with Crippen LogP contribution in [0, 0.1) is 0 Å². The molecule has 130 valence electrons. The highest BCUT2D eigenvalue weighted by molar-refractivity contribution is 7.99. The van der Waals surface area contributed by atoms with Crippen molar-refractivity contribution in [2.75, 3.05) is 0 Å².